The Morgan fingerprint density at radius 2 is 1.85 bits per heavy atom. The fourth-order valence-electron chi connectivity index (χ4n) is 2.96. The summed E-state index contributed by atoms with van der Waals surface area (Å²) < 4.78 is 40.6. The van der Waals surface area contributed by atoms with Gasteiger partial charge in [0.25, 0.3) is 5.91 Å². The van der Waals surface area contributed by atoms with Gasteiger partial charge in [-0.2, -0.15) is 0 Å². The first-order valence-electron chi connectivity index (χ1n) is 9.88. The Labute approximate surface area is 201 Å². The molecule has 34 heavy (non-hydrogen) atoms. The van der Waals surface area contributed by atoms with Crippen molar-refractivity contribution in [2.24, 2.45) is 0 Å². The number of amides is 2. The Morgan fingerprint density at radius 1 is 1.12 bits per heavy atom. The van der Waals surface area contributed by atoms with Crippen LogP contribution in [0.1, 0.15) is 26.6 Å². The lowest BCUT2D eigenvalue weighted by molar-refractivity contribution is -0.274. The number of ether oxygens (including phenoxy) is 1. The summed E-state index contributed by atoms with van der Waals surface area (Å²) in [6, 6.07) is 12.2. The van der Waals surface area contributed by atoms with Crippen LogP contribution in [0.2, 0.25) is 5.02 Å². The lowest BCUT2D eigenvalue weighted by Gasteiger charge is -2.18. The van der Waals surface area contributed by atoms with Crippen molar-refractivity contribution in [2.75, 3.05) is 6.54 Å². The zero-order chi connectivity index (χ0) is 24.7. The summed E-state index contributed by atoms with van der Waals surface area (Å²) in [6.07, 6.45) is -5.46. The average Bonchev–Trinajstić information content (AvgIpc) is 3.22. The van der Waals surface area contributed by atoms with Crippen LogP contribution in [0.3, 0.4) is 0 Å². The molecule has 0 spiro atoms. The van der Waals surface area contributed by atoms with E-state index in [1.165, 1.54) is 17.5 Å². The third kappa shape index (κ3) is 7.92. The second-order valence-electron chi connectivity index (χ2n) is 7.09. The number of carbonyl (C=O) groups is 2. The van der Waals surface area contributed by atoms with E-state index in [2.05, 4.69) is 15.0 Å². The van der Waals surface area contributed by atoms with Gasteiger partial charge in [0.15, 0.2) is 0 Å². The van der Waals surface area contributed by atoms with Crippen LogP contribution in [0.4, 0.5) is 18.0 Å². The summed E-state index contributed by atoms with van der Waals surface area (Å²) in [5.41, 5.74) is 1.61. The van der Waals surface area contributed by atoms with Crippen molar-refractivity contribution in [3.63, 3.8) is 0 Å². The van der Waals surface area contributed by atoms with Crippen LogP contribution in [0.25, 0.3) is 0 Å². The standard InChI is InChI=1S/C22H19ClF3N3O4S/c23-16-3-1-2-14(10-16)8-9-27-20(30)18-13-34-19(28-18)12-29(21(31)32)11-15-4-6-17(7-5-15)33-22(24,25)26/h1-7,10,13H,8-9,11-12H2,(H,27,30)(H,31,32). The van der Waals surface area contributed by atoms with Gasteiger partial charge in [0, 0.05) is 23.5 Å². The van der Waals surface area contributed by atoms with Gasteiger partial charge in [0.1, 0.15) is 16.5 Å². The number of halogens is 4. The first kappa shape index (κ1) is 25.3. The first-order chi connectivity index (χ1) is 16.1. The van der Waals surface area contributed by atoms with Gasteiger partial charge in [0.05, 0.1) is 6.54 Å². The molecule has 2 aromatic carbocycles. The minimum atomic E-state index is -4.81. The van der Waals surface area contributed by atoms with Gasteiger partial charge in [-0.3, -0.25) is 9.69 Å². The van der Waals surface area contributed by atoms with Crippen molar-refractivity contribution in [2.45, 2.75) is 25.9 Å². The van der Waals surface area contributed by atoms with Crippen LogP contribution < -0.4 is 10.1 Å². The van der Waals surface area contributed by atoms with Crippen LogP contribution in [-0.2, 0) is 19.5 Å². The predicted octanol–water partition coefficient (Wildman–Crippen LogP) is 5.35. The topological polar surface area (TPSA) is 91.8 Å². The van der Waals surface area contributed by atoms with Gasteiger partial charge in [-0.1, -0.05) is 35.9 Å². The number of nitrogens with one attached hydrogen (secondary N) is 1. The fraction of sp³-hybridized carbons (Fsp3) is 0.227. The van der Waals surface area contributed by atoms with Crippen molar-refractivity contribution in [3.05, 3.63) is 80.8 Å². The second-order valence-corrected chi connectivity index (χ2v) is 8.47. The number of nitrogens with zero attached hydrogens (tertiary/aromatic N) is 2. The molecule has 0 aliphatic heterocycles. The molecule has 1 aromatic heterocycles. The zero-order valence-corrected chi connectivity index (χ0v) is 19.1. The quantitative estimate of drug-likeness (QED) is 0.402. The number of hydrogen-bond donors (Lipinski definition) is 2. The monoisotopic (exact) mass is 513 g/mol. The van der Waals surface area contributed by atoms with E-state index < -0.39 is 18.2 Å². The van der Waals surface area contributed by atoms with Gasteiger partial charge >= 0.3 is 12.5 Å². The molecule has 1 heterocycles. The number of thiazole rings is 1. The van der Waals surface area contributed by atoms with E-state index in [1.54, 1.807) is 6.07 Å². The van der Waals surface area contributed by atoms with Crippen molar-refractivity contribution in [3.8, 4) is 5.75 Å². The molecule has 0 radical (unpaired) electrons. The summed E-state index contributed by atoms with van der Waals surface area (Å²) in [5, 5.41) is 14.8. The number of rotatable bonds is 9. The summed E-state index contributed by atoms with van der Waals surface area (Å²) in [4.78, 5) is 29.2. The summed E-state index contributed by atoms with van der Waals surface area (Å²) in [5.74, 6) is -0.782. The summed E-state index contributed by atoms with van der Waals surface area (Å²) in [7, 11) is 0. The Bertz CT molecular complexity index is 1140. The number of carbonyl (C=O) groups excluding carboxylic acids is 1. The zero-order valence-electron chi connectivity index (χ0n) is 17.5. The molecule has 0 bridgehead atoms. The molecule has 0 aliphatic carbocycles. The lowest BCUT2D eigenvalue weighted by Crippen LogP contribution is -2.29. The maximum Gasteiger partial charge on any atom is 0.573 e. The molecule has 0 aliphatic rings. The van der Waals surface area contributed by atoms with Crippen molar-refractivity contribution >= 4 is 34.9 Å². The van der Waals surface area contributed by atoms with E-state index >= 15 is 0 Å². The highest BCUT2D eigenvalue weighted by molar-refractivity contribution is 7.09. The largest absolute Gasteiger partial charge is 0.573 e. The van der Waals surface area contributed by atoms with Gasteiger partial charge in [-0.05, 0) is 41.8 Å². The van der Waals surface area contributed by atoms with Crippen molar-refractivity contribution < 1.29 is 32.6 Å². The third-order valence-electron chi connectivity index (χ3n) is 4.50. The Balaban J connectivity index is 1.54. The van der Waals surface area contributed by atoms with Gasteiger partial charge in [-0.15, -0.1) is 24.5 Å². The van der Waals surface area contributed by atoms with Gasteiger partial charge in [-0.25, -0.2) is 9.78 Å². The van der Waals surface area contributed by atoms with Crippen LogP contribution in [0, 0.1) is 0 Å². The predicted molar refractivity (Wildman–Crippen MR) is 120 cm³/mol. The molecule has 180 valence electrons. The minimum Gasteiger partial charge on any atom is -0.465 e. The molecule has 0 unspecified atom stereocenters. The molecule has 0 saturated carbocycles. The van der Waals surface area contributed by atoms with Gasteiger partial charge in [0.2, 0.25) is 0 Å². The van der Waals surface area contributed by atoms with Crippen LogP contribution >= 0.6 is 22.9 Å². The van der Waals surface area contributed by atoms with E-state index in [0.717, 1.165) is 33.9 Å². The molecule has 0 fully saturated rings. The van der Waals surface area contributed by atoms with E-state index in [4.69, 9.17) is 11.6 Å². The molecule has 7 nitrogen and oxygen atoms in total. The molecular formula is C22H19ClF3N3O4S. The molecule has 2 N–H and O–H groups in total. The number of aromatic nitrogens is 1. The molecule has 0 atom stereocenters. The highest BCUT2D eigenvalue weighted by atomic mass is 35.5. The average molecular weight is 514 g/mol. The first-order valence-corrected chi connectivity index (χ1v) is 11.1. The number of alkyl halides is 3. The molecule has 3 rings (SSSR count). The van der Waals surface area contributed by atoms with Crippen LogP contribution in [-0.4, -0.2) is 39.9 Å². The number of benzene rings is 2. The lowest BCUT2D eigenvalue weighted by atomic mass is 10.1. The molecule has 0 saturated heterocycles. The third-order valence-corrected chi connectivity index (χ3v) is 5.57. The van der Waals surface area contributed by atoms with E-state index in [-0.39, 0.29) is 24.7 Å². The molecule has 3 aromatic rings. The number of hydrogen-bond acceptors (Lipinski definition) is 5. The second kappa shape index (κ2) is 11.2. The van der Waals surface area contributed by atoms with Crippen LogP contribution in [0.5, 0.6) is 5.75 Å². The van der Waals surface area contributed by atoms with Gasteiger partial charge < -0.3 is 15.2 Å². The Hall–Kier alpha value is -3.31. The fourth-order valence-corrected chi connectivity index (χ4v) is 3.96. The minimum absolute atomic E-state index is 0.0810. The highest BCUT2D eigenvalue weighted by Gasteiger charge is 2.31. The molecule has 2 amide bonds. The van der Waals surface area contributed by atoms with E-state index in [1.807, 2.05) is 18.2 Å². The summed E-state index contributed by atoms with van der Waals surface area (Å²) in [6.45, 7) is 0.209. The smallest absolute Gasteiger partial charge is 0.465 e. The van der Waals surface area contributed by atoms with Crippen LogP contribution in [0.15, 0.2) is 53.9 Å². The SMILES string of the molecule is O=C(NCCc1cccc(Cl)c1)c1csc(CN(Cc2ccc(OC(F)(F)F)cc2)C(=O)O)n1. The summed E-state index contributed by atoms with van der Waals surface area (Å²) >= 11 is 7.08. The van der Waals surface area contributed by atoms with Crippen molar-refractivity contribution in [1.82, 2.24) is 15.2 Å². The maximum atomic E-state index is 12.3. The Morgan fingerprint density at radius 3 is 2.50 bits per heavy atom. The van der Waals surface area contributed by atoms with Crippen molar-refractivity contribution in [1.29, 1.82) is 0 Å². The highest BCUT2D eigenvalue weighted by Crippen LogP contribution is 2.23. The Kier molecular flexibility index (Phi) is 8.35. The maximum absolute atomic E-state index is 12.3. The number of carboxylic acid groups (broad SMARTS) is 1. The molecular weight excluding hydrogens is 495 g/mol. The molecule has 12 heteroatoms. The normalized spacial score (nSPS) is 11.2. The van der Waals surface area contributed by atoms with E-state index in [9.17, 15) is 27.9 Å². The van der Waals surface area contributed by atoms with E-state index in [0.29, 0.717) is 28.6 Å².